The molecule has 1 aliphatic heterocycles. The molecule has 3 heteroatoms. The summed E-state index contributed by atoms with van der Waals surface area (Å²) in [6, 6.07) is 2.43. The molecule has 2 rings (SSSR count). The van der Waals surface area contributed by atoms with Crippen LogP contribution in [0.3, 0.4) is 0 Å². The smallest absolute Gasteiger partial charge is 0.0985 e. The molecule has 0 bridgehead atoms. The van der Waals surface area contributed by atoms with Crippen molar-refractivity contribution in [2.75, 3.05) is 13.2 Å². The minimum absolute atomic E-state index is 0.500. The maximum absolute atomic E-state index is 5.00. The molecule has 0 aromatic carbocycles. The molecule has 0 amide bonds. The Labute approximate surface area is 67.0 Å². The van der Waals surface area contributed by atoms with Crippen molar-refractivity contribution >= 4 is 0 Å². The average molecular weight is 154 g/mol. The Morgan fingerprint density at radius 2 is 2.18 bits per heavy atom. The van der Waals surface area contributed by atoms with Crippen LogP contribution in [0.5, 0.6) is 0 Å². The first-order valence-electron chi connectivity index (χ1n) is 4.04. The molecule has 0 spiro atoms. The van der Waals surface area contributed by atoms with Crippen molar-refractivity contribution < 1.29 is 4.74 Å². The lowest BCUT2D eigenvalue weighted by Gasteiger charge is -2.25. The Hall–Kier alpha value is -0.830. The maximum atomic E-state index is 5.00. The van der Waals surface area contributed by atoms with Crippen LogP contribution in [0.25, 0.3) is 0 Å². The molecule has 0 saturated carbocycles. The van der Waals surface area contributed by atoms with Crippen molar-refractivity contribution in [1.29, 1.82) is 0 Å². The van der Waals surface area contributed by atoms with Gasteiger partial charge in [-0.3, -0.25) is 4.68 Å². The molecular formula is C8H14N2O. The molecule has 0 atom stereocenters. The molecule has 1 aromatic rings. The summed E-state index contributed by atoms with van der Waals surface area (Å²) < 4.78 is 6.93. The van der Waals surface area contributed by atoms with E-state index in [2.05, 4.69) is 5.10 Å². The van der Waals surface area contributed by atoms with Gasteiger partial charge in [0.15, 0.2) is 0 Å². The van der Waals surface area contributed by atoms with Gasteiger partial charge in [0.2, 0.25) is 0 Å². The normalized spacial score (nSPS) is 16.5. The lowest BCUT2D eigenvalue weighted by atomic mass is 10.3. The van der Waals surface area contributed by atoms with E-state index in [1.54, 1.807) is 6.20 Å². The number of aromatic nitrogens is 2. The van der Waals surface area contributed by atoms with Gasteiger partial charge in [-0.15, -0.1) is 0 Å². The minimum Gasteiger partial charge on any atom is -0.377 e. The number of hydrogen-bond acceptors (Lipinski definition) is 2. The van der Waals surface area contributed by atoms with Gasteiger partial charge in [0.05, 0.1) is 19.3 Å². The number of rotatable bonds is 1. The summed E-state index contributed by atoms with van der Waals surface area (Å²) in [7, 11) is 0. The summed E-state index contributed by atoms with van der Waals surface area (Å²) >= 11 is 0. The fourth-order valence-corrected chi connectivity index (χ4v) is 0.873. The van der Waals surface area contributed by atoms with E-state index in [-0.39, 0.29) is 0 Å². The molecule has 11 heavy (non-hydrogen) atoms. The summed E-state index contributed by atoms with van der Waals surface area (Å²) in [5.74, 6) is 0. The first-order chi connectivity index (χ1) is 5.47. The van der Waals surface area contributed by atoms with Crippen molar-refractivity contribution in [3.05, 3.63) is 18.5 Å². The second-order valence-corrected chi connectivity index (χ2v) is 2.18. The molecule has 1 saturated heterocycles. The summed E-state index contributed by atoms with van der Waals surface area (Å²) in [6.07, 6.45) is 3.76. The highest BCUT2D eigenvalue weighted by atomic mass is 16.5. The van der Waals surface area contributed by atoms with Crippen LogP contribution in [0, 0.1) is 0 Å². The SMILES string of the molecule is CC.c1cnn(C2COC2)c1. The van der Waals surface area contributed by atoms with Crippen molar-refractivity contribution in [2.24, 2.45) is 0 Å². The van der Waals surface area contributed by atoms with E-state index in [1.165, 1.54) is 0 Å². The zero-order valence-corrected chi connectivity index (χ0v) is 7.03. The Bertz CT molecular complexity index is 180. The predicted octanol–water partition coefficient (Wildman–Crippen LogP) is 1.48. The summed E-state index contributed by atoms with van der Waals surface area (Å²) in [4.78, 5) is 0. The highest BCUT2D eigenvalue weighted by Crippen LogP contribution is 2.14. The van der Waals surface area contributed by atoms with E-state index in [1.807, 2.05) is 30.8 Å². The second kappa shape index (κ2) is 4.13. The molecular weight excluding hydrogens is 140 g/mol. The molecule has 2 heterocycles. The van der Waals surface area contributed by atoms with E-state index in [4.69, 9.17) is 4.74 Å². The van der Waals surface area contributed by atoms with Crippen molar-refractivity contribution in [3.8, 4) is 0 Å². The van der Waals surface area contributed by atoms with E-state index in [0.29, 0.717) is 6.04 Å². The van der Waals surface area contributed by atoms with E-state index in [9.17, 15) is 0 Å². The number of hydrogen-bond donors (Lipinski definition) is 0. The van der Waals surface area contributed by atoms with Crippen LogP contribution in [0.2, 0.25) is 0 Å². The topological polar surface area (TPSA) is 27.1 Å². The standard InChI is InChI=1S/C6H8N2O.C2H6/c1-2-7-8(3-1)6-4-9-5-6;1-2/h1-3,6H,4-5H2;1-2H3. The van der Waals surface area contributed by atoms with E-state index >= 15 is 0 Å². The monoisotopic (exact) mass is 154 g/mol. The van der Waals surface area contributed by atoms with Crippen LogP contribution >= 0.6 is 0 Å². The quantitative estimate of drug-likeness (QED) is 0.612. The molecule has 3 nitrogen and oxygen atoms in total. The second-order valence-electron chi connectivity index (χ2n) is 2.18. The third-order valence-corrected chi connectivity index (χ3v) is 1.52. The van der Waals surface area contributed by atoms with Gasteiger partial charge in [-0.25, -0.2) is 0 Å². The Morgan fingerprint density at radius 1 is 1.45 bits per heavy atom. The number of ether oxygens (including phenoxy) is 1. The summed E-state index contributed by atoms with van der Waals surface area (Å²) in [5.41, 5.74) is 0. The number of nitrogens with zero attached hydrogens (tertiary/aromatic N) is 2. The van der Waals surface area contributed by atoms with Crippen molar-refractivity contribution in [3.63, 3.8) is 0 Å². The fourth-order valence-electron chi connectivity index (χ4n) is 0.873. The summed E-state index contributed by atoms with van der Waals surface area (Å²) in [6.45, 7) is 5.64. The molecule has 0 aliphatic carbocycles. The van der Waals surface area contributed by atoms with Gasteiger partial charge < -0.3 is 4.74 Å². The molecule has 0 N–H and O–H groups in total. The Balaban J connectivity index is 0.000000281. The predicted molar refractivity (Wildman–Crippen MR) is 43.4 cm³/mol. The van der Waals surface area contributed by atoms with Crippen LogP contribution in [-0.2, 0) is 4.74 Å². The van der Waals surface area contributed by atoms with Crippen LogP contribution in [-0.4, -0.2) is 23.0 Å². The maximum Gasteiger partial charge on any atom is 0.0985 e. The largest absolute Gasteiger partial charge is 0.377 e. The molecule has 1 aromatic heterocycles. The first-order valence-corrected chi connectivity index (χ1v) is 4.04. The van der Waals surface area contributed by atoms with Gasteiger partial charge in [0, 0.05) is 12.4 Å². The van der Waals surface area contributed by atoms with Gasteiger partial charge in [0.25, 0.3) is 0 Å². The molecule has 0 unspecified atom stereocenters. The van der Waals surface area contributed by atoms with Crippen LogP contribution in [0.4, 0.5) is 0 Å². The molecule has 1 aliphatic rings. The van der Waals surface area contributed by atoms with Gasteiger partial charge >= 0.3 is 0 Å². The Morgan fingerprint density at radius 3 is 2.55 bits per heavy atom. The minimum atomic E-state index is 0.500. The van der Waals surface area contributed by atoms with Gasteiger partial charge in [0.1, 0.15) is 0 Å². The van der Waals surface area contributed by atoms with E-state index < -0.39 is 0 Å². The van der Waals surface area contributed by atoms with Crippen molar-refractivity contribution in [2.45, 2.75) is 19.9 Å². The van der Waals surface area contributed by atoms with Gasteiger partial charge in [-0.2, -0.15) is 5.10 Å². The average Bonchev–Trinajstić information content (AvgIpc) is 2.41. The zero-order valence-electron chi connectivity index (χ0n) is 7.03. The third kappa shape index (κ3) is 1.80. The van der Waals surface area contributed by atoms with Crippen molar-refractivity contribution in [1.82, 2.24) is 9.78 Å². The molecule has 1 fully saturated rings. The van der Waals surface area contributed by atoms with Gasteiger partial charge in [-0.1, -0.05) is 13.8 Å². The summed E-state index contributed by atoms with van der Waals surface area (Å²) in [5, 5.41) is 4.07. The first kappa shape index (κ1) is 8.27. The van der Waals surface area contributed by atoms with Crippen LogP contribution in [0.1, 0.15) is 19.9 Å². The fraction of sp³-hybridized carbons (Fsp3) is 0.625. The highest BCUT2D eigenvalue weighted by Gasteiger charge is 2.19. The lowest BCUT2D eigenvalue weighted by Crippen LogP contribution is -2.30. The van der Waals surface area contributed by atoms with Crippen LogP contribution in [0.15, 0.2) is 18.5 Å². The molecule has 62 valence electrons. The Kier molecular flexibility index (Phi) is 3.11. The molecule has 0 radical (unpaired) electrons. The lowest BCUT2D eigenvalue weighted by molar-refractivity contribution is -0.0286. The van der Waals surface area contributed by atoms with Crippen LogP contribution < -0.4 is 0 Å². The van der Waals surface area contributed by atoms with Gasteiger partial charge in [-0.05, 0) is 6.07 Å². The highest BCUT2D eigenvalue weighted by molar-refractivity contribution is 4.83. The zero-order chi connectivity index (χ0) is 8.10. The van der Waals surface area contributed by atoms with E-state index in [0.717, 1.165) is 13.2 Å². The third-order valence-electron chi connectivity index (χ3n) is 1.52.